The highest BCUT2D eigenvalue weighted by Crippen LogP contribution is 2.29. The number of ether oxygens (including phenoxy) is 2. The van der Waals surface area contributed by atoms with Crippen molar-refractivity contribution in [3.63, 3.8) is 0 Å². The van der Waals surface area contributed by atoms with Gasteiger partial charge in [-0.05, 0) is 70.3 Å². The first-order valence-corrected chi connectivity index (χ1v) is 12.7. The quantitative estimate of drug-likeness (QED) is 0.194. The normalized spacial score (nSPS) is 12.6. The minimum absolute atomic E-state index is 0.0952. The minimum atomic E-state index is -1.40. The minimum Gasteiger partial charge on any atom is -0.508 e. The number of hydrogen-bond donors (Lipinski definition) is 2. The first kappa shape index (κ1) is 25.3. The lowest BCUT2D eigenvalue weighted by Crippen LogP contribution is -2.28. The lowest BCUT2D eigenvalue weighted by atomic mass is 10.1. The fourth-order valence-electron chi connectivity index (χ4n) is 4.05. The van der Waals surface area contributed by atoms with E-state index >= 15 is 0 Å². The van der Waals surface area contributed by atoms with Gasteiger partial charge in [0.25, 0.3) is 0 Å². The number of H-pyrrole nitrogens is 1. The van der Waals surface area contributed by atoms with Crippen molar-refractivity contribution < 1.29 is 18.8 Å². The van der Waals surface area contributed by atoms with E-state index in [1.165, 1.54) is 6.08 Å². The van der Waals surface area contributed by atoms with Gasteiger partial charge >= 0.3 is 0 Å². The lowest BCUT2D eigenvalue weighted by molar-refractivity contribution is 0.353. The Morgan fingerprint density at radius 3 is 2.56 bits per heavy atom. The van der Waals surface area contributed by atoms with Crippen molar-refractivity contribution in [2.45, 2.75) is 17.9 Å². The highest BCUT2D eigenvalue weighted by molar-refractivity contribution is 7.82. The predicted molar refractivity (Wildman–Crippen MR) is 146 cm³/mol. The number of aromatic nitrogens is 1. The van der Waals surface area contributed by atoms with Gasteiger partial charge in [0, 0.05) is 25.5 Å². The van der Waals surface area contributed by atoms with E-state index in [4.69, 9.17) is 9.47 Å². The molecule has 0 fully saturated rings. The molecule has 186 valence electrons. The van der Waals surface area contributed by atoms with Crippen LogP contribution in [-0.4, -0.2) is 39.4 Å². The Labute approximate surface area is 214 Å². The Morgan fingerprint density at radius 2 is 1.81 bits per heavy atom. The summed E-state index contributed by atoms with van der Waals surface area (Å²) in [5, 5.41) is 12.0. The Bertz CT molecular complexity index is 1410. The molecular weight excluding hydrogens is 472 g/mol. The summed E-state index contributed by atoms with van der Waals surface area (Å²) in [4.78, 5) is 3.84. The van der Waals surface area contributed by atoms with E-state index in [-0.39, 0.29) is 5.76 Å². The van der Waals surface area contributed by atoms with E-state index in [1.807, 2.05) is 77.4 Å². The standard InChI is InChI=1S/C29H30N2O4S/c1-4-26(32)16-25-19-30-18-24(25)13-14-31(20-21-9-12-28(34-2)29(15-21)35-3)36(33)27-11-10-22-7-5-6-8-23(22)17-27/h4-12,15-19,30,32H,1,13-14,20H2,2-3H3/b26-16+. The molecule has 0 bridgehead atoms. The van der Waals surface area contributed by atoms with Gasteiger partial charge < -0.3 is 19.6 Å². The van der Waals surface area contributed by atoms with E-state index in [0.29, 0.717) is 31.0 Å². The summed E-state index contributed by atoms with van der Waals surface area (Å²) in [7, 11) is 1.80. The number of nitrogens with one attached hydrogen (secondary N) is 1. The third-order valence-electron chi connectivity index (χ3n) is 5.97. The van der Waals surface area contributed by atoms with Gasteiger partial charge in [-0.2, -0.15) is 0 Å². The zero-order valence-corrected chi connectivity index (χ0v) is 21.3. The van der Waals surface area contributed by atoms with Crippen molar-refractivity contribution >= 4 is 27.8 Å². The van der Waals surface area contributed by atoms with Crippen LogP contribution in [0.4, 0.5) is 0 Å². The van der Waals surface area contributed by atoms with Gasteiger partial charge in [0.2, 0.25) is 0 Å². The number of aliphatic hydroxyl groups excluding tert-OH is 1. The molecule has 1 atom stereocenters. The lowest BCUT2D eigenvalue weighted by Gasteiger charge is -2.22. The van der Waals surface area contributed by atoms with Gasteiger partial charge in [0.15, 0.2) is 11.5 Å². The summed E-state index contributed by atoms with van der Waals surface area (Å²) in [6.07, 6.45) is 7.42. The summed E-state index contributed by atoms with van der Waals surface area (Å²) in [5.41, 5.74) is 2.84. The van der Waals surface area contributed by atoms with Gasteiger partial charge in [-0.3, -0.25) is 0 Å². The molecule has 0 spiro atoms. The zero-order valence-electron chi connectivity index (χ0n) is 20.4. The number of methoxy groups -OCH3 is 2. The molecule has 1 heterocycles. The summed E-state index contributed by atoms with van der Waals surface area (Å²) in [6, 6.07) is 19.7. The van der Waals surface area contributed by atoms with Crippen LogP contribution in [0.25, 0.3) is 16.8 Å². The Kier molecular flexibility index (Phi) is 8.25. The van der Waals surface area contributed by atoms with E-state index in [9.17, 15) is 9.32 Å². The molecule has 0 aliphatic carbocycles. The monoisotopic (exact) mass is 502 g/mol. The number of allylic oxidation sites excluding steroid dienone is 1. The predicted octanol–water partition coefficient (Wildman–Crippen LogP) is 6.04. The number of aromatic amines is 1. The molecule has 3 aromatic carbocycles. The number of fused-ring (bicyclic) bond motifs is 1. The molecule has 2 N–H and O–H groups in total. The molecule has 36 heavy (non-hydrogen) atoms. The van der Waals surface area contributed by atoms with Crippen LogP contribution in [0.5, 0.6) is 11.5 Å². The average molecular weight is 503 g/mol. The maximum Gasteiger partial charge on any atom is 0.161 e. The van der Waals surface area contributed by atoms with Gasteiger partial charge in [-0.15, -0.1) is 0 Å². The van der Waals surface area contributed by atoms with Crippen molar-refractivity contribution in [3.8, 4) is 11.5 Å². The van der Waals surface area contributed by atoms with Crippen LogP contribution >= 0.6 is 0 Å². The van der Waals surface area contributed by atoms with Crippen LogP contribution in [-0.2, 0) is 24.0 Å². The second-order valence-corrected chi connectivity index (χ2v) is 9.76. The third kappa shape index (κ3) is 5.87. The second kappa shape index (κ2) is 11.7. The SMILES string of the molecule is C=C/C(O)=C\c1c[nH]cc1CCN(Cc1ccc(OC)c(OC)c1)S(=O)c1ccc2ccccc2c1. The Balaban J connectivity index is 1.63. The molecule has 0 saturated heterocycles. The van der Waals surface area contributed by atoms with Crippen molar-refractivity contribution in [2.24, 2.45) is 0 Å². The molecule has 0 amide bonds. The number of benzene rings is 3. The summed E-state index contributed by atoms with van der Waals surface area (Å²) < 4.78 is 26.6. The van der Waals surface area contributed by atoms with E-state index < -0.39 is 11.0 Å². The molecule has 0 radical (unpaired) electrons. The van der Waals surface area contributed by atoms with Crippen LogP contribution in [0.3, 0.4) is 0 Å². The average Bonchev–Trinajstić information content (AvgIpc) is 3.36. The maximum atomic E-state index is 13.8. The van der Waals surface area contributed by atoms with Crippen molar-refractivity contribution in [1.29, 1.82) is 0 Å². The van der Waals surface area contributed by atoms with E-state index in [1.54, 1.807) is 20.3 Å². The summed E-state index contributed by atoms with van der Waals surface area (Å²) >= 11 is 0. The van der Waals surface area contributed by atoms with Gasteiger partial charge in [0.05, 0.1) is 19.1 Å². The molecule has 0 aliphatic rings. The molecule has 0 saturated carbocycles. The topological polar surface area (TPSA) is 74.8 Å². The largest absolute Gasteiger partial charge is 0.508 e. The maximum absolute atomic E-state index is 13.8. The Morgan fingerprint density at radius 1 is 1.03 bits per heavy atom. The number of hydrogen-bond acceptors (Lipinski definition) is 4. The van der Waals surface area contributed by atoms with Gasteiger partial charge in [0.1, 0.15) is 16.7 Å². The number of nitrogens with zero attached hydrogens (tertiary/aromatic N) is 1. The third-order valence-corrected chi connectivity index (χ3v) is 7.41. The van der Waals surface area contributed by atoms with Gasteiger partial charge in [-0.1, -0.05) is 43.0 Å². The van der Waals surface area contributed by atoms with Crippen LogP contribution in [0.1, 0.15) is 16.7 Å². The highest BCUT2D eigenvalue weighted by Gasteiger charge is 2.18. The van der Waals surface area contributed by atoms with Crippen molar-refractivity contribution in [3.05, 3.63) is 108 Å². The Hall–Kier alpha value is -3.81. The van der Waals surface area contributed by atoms with E-state index in [2.05, 4.69) is 11.6 Å². The molecule has 6 nitrogen and oxygen atoms in total. The van der Waals surface area contributed by atoms with Gasteiger partial charge in [-0.25, -0.2) is 8.51 Å². The highest BCUT2D eigenvalue weighted by atomic mass is 32.2. The molecule has 4 rings (SSSR count). The number of rotatable bonds is 11. The molecule has 1 unspecified atom stereocenters. The smallest absolute Gasteiger partial charge is 0.161 e. The summed E-state index contributed by atoms with van der Waals surface area (Å²) in [6.45, 7) is 4.58. The molecule has 1 aromatic heterocycles. The van der Waals surface area contributed by atoms with Crippen LogP contribution in [0.2, 0.25) is 0 Å². The van der Waals surface area contributed by atoms with Crippen molar-refractivity contribution in [2.75, 3.05) is 20.8 Å². The molecule has 0 aliphatic heterocycles. The molecule has 7 heteroatoms. The second-order valence-electron chi connectivity index (χ2n) is 8.27. The van der Waals surface area contributed by atoms with Crippen LogP contribution in [0.15, 0.2) is 96.4 Å². The molecule has 4 aromatic rings. The number of aliphatic hydroxyl groups is 1. The first-order chi connectivity index (χ1) is 17.5. The fraction of sp³-hybridized carbons (Fsp3) is 0.172. The van der Waals surface area contributed by atoms with Crippen LogP contribution < -0.4 is 9.47 Å². The summed E-state index contributed by atoms with van der Waals surface area (Å²) in [5.74, 6) is 1.37. The van der Waals surface area contributed by atoms with Crippen molar-refractivity contribution in [1.82, 2.24) is 9.29 Å². The first-order valence-electron chi connectivity index (χ1n) is 11.6. The molecular formula is C29H30N2O4S. The van der Waals surface area contributed by atoms with Crippen LogP contribution in [0, 0.1) is 0 Å². The fourth-order valence-corrected chi connectivity index (χ4v) is 5.28. The zero-order chi connectivity index (χ0) is 25.5. The van der Waals surface area contributed by atoms with E-state index in [0.717, 1.165) is 32.4 Å².